The van der Waals surface area contributed by atoms with Crippen molar-refractivity contribution in [1.29, 1.82) is 0 Å². The van der Waals surface area contributed by atoms with Gasteiger partial charge >= 0.3 is 0 Å². The molecule has 1 saturated heterocycles. The van der Waals surface area contributed by atoms with Gasteiger partial charge in [0.05, 0.1) is 5.60 Å². The highest BCUT2D eigenvalue weighted by molar-refractivity contribution is 4.88. The highest BCUT2D eigenvalue weighted by Crippen LogP contribution is 2.14. The van der Waals surface area contributed by atoms with E-state index >= 15 is 0 Å². The van der Waals surface area contributed by atoms with Crippen LogP contribution in [0.3, 0.4) is 0 Å². The maximum atomic E-state index is 5.08. The third-order valence-corrected chi connectivity index (χ3v) is 1.39. The molecule has 1 fully saturated rings. The van der Waals surface area contributed by atoms with Crippen LogP contribution in [-0.2, 0) is 4.74 Å². The van der Waals surface area contributed by atoms with Crippen LogP contribution < -0.4 is 5.32 Å². The molecule has 1 aliphatic heterocycles. The van der Waals surface area contributed by atoms with Crippen LogP contribution in [0.2, 0.25) is 0 Å². The summed E-state index contributed by atoms with van der Waals surface area (Å²) in [7, 11) is 1.73. The van der Waals surface area contributed by atoms with Gasteiger partial charge in [-0.15, -0.1) is 0 Å². The molecule has 0 aromatic rings. The number of rotatable bonds is 1. The predicted octanol–water partition coefficient (Wildman–Crippen LogP) is 0.00950. The Morgan fingerprint density at radius 3 is 2.14 bits per heavy atom. The Morgan fingerprint density at radius 2 is 2.14 bits per heavy atom. The van der Waals surface area contributed by atoms with E-state index in [0.717, 1.165) is 13.1 Å². The highest BCUT2D eigenvalue weighted by atomic mass is 16.5. The quantitative estimate of drug-likeness (QED) is 0.455. The summed E-state index contributed by atoms with van der Waals surface area (Å²) in [5.41, 5.74) is 0.0972. The molecule has 1 radical (unpaired) electrons. The van der Waals surface area contributed by atoms with Crippen LogP contribution in [0.4, 0.5) is 0 Å². The van der Waals surface area contributed by atoms with Crippen molar-refractivity contribution in [1.82, 2.24) is 5.32 Å². The van der Waals surface area contributed by atoms with E-state index in [1.165, 1.54) is 0 Å². The van der Waals surface area contributed by atoms with E-state index in [9.17, 15) is 0 Å². The summed E-state index contributed by atoms with van der Waals surface area (Å²) in [4.78, 5) is 0. The zero-order chi connectivity index (χ0) is 5.33. The van der Waals surface area contributed by atoms with E-state index in [1.807, 2.05) is 0 Å². The summed E-state index contributed by atoms with van der Waals surface area (Å²) >= 11 is 0. The van der Waals surface area contributed by atoms with Gasteiger partial charge < -0.3 is 4.74 Å². The summed E-state index contributed by atoms with van der Waals surface area (Å²) in [5, 5.41) is 4.02. The molecule has 0 aromatic carbocycles. The van der Waals surface area contributed by atoms with Gasteiger partial charge in [-0.25, -0.2) is 5.32 Å². The molecule has 0 atom stereocenters. The largest absolute Gasteiger partial charge is 0.376 e. The maximum absolute atomic E-state index is 5.08. The summed E-state index contributed by atoms with van der Waals surface area (Å²) in [6, 6.07) is 0. The van der Waals surface area contributed by atoms with Crippen molar-refractivity contribution < 1.29 is 4.74 Å². The zero-order valence-electron chi connectivity index (χ0n) is 4.77. The third kappa shape index (κ3) is 0.763. The molecule has 0 bridgehead atoms. The van der Waals surface area contributed by atoms with E-state index in [-0.39, 0.29) is 5.60 Å². The summed E-state index contributed by atoms with van der Waals surface area (Å²) in [6.07, 6.45) is 0. The molecule has 1 heterocycles. The molecule has 0 unspecified atom stereocenters. The van der Waals surface area contributed by atoms with E-state index in [2.05, 4.69) is 12.2 Å². The molecule has 2 nitrogen and oxygen atoms in total. The monoisotopic (exact) mass is 100 g/mol. The first-order chi connectivity index (χ1) is 3.27. The fraction of sp³-hybridized carbons (Fsp3) is 1.00. The molecule has 0 spiro atoms. The second-order valence-electron chi connectivity index (χ2n) is 2.19. The standard InChI is InChI=1S/C5H10NO/c1-5(7-2)3-6-4-5/h3-4H2,1-2H3. The second kappa shape index (κ2) is 1.46. The van der Waals surface area contributed by atoms with Crippen LogP contribution in [0.25, 0.3) is 0 Å². The fourth-order valence-electron chi connectivity index (χ4n) is 0.556. The van der Waals surface area contributed by atoms with Crippen LogP contribution in [0.15, 0.2) is 0 Å². The molecular weight excluding hydrogens is 90.1 g/mol. The molecule has 0 aromatic heterocycles. The van der Waals surface area contributed by atoms with E-state index in [0.29, 0.717) is 0 Å². The minimum Gasteiger partial charge on any atom is -0.376 e. The lowest BCUT2D eigenvalue weighted by Crippen LogP contribution is -2.54. The van der Waals surface area contributed by atoms with Gasteiger partial charge in [-0.2, -0.15) is 0 Å². The van der Waals surface area contributed by atoms with Gasteiger partial charge in [0, 0.05) is 20.2 Å². The number of hydrogen-bond donors (Lipinski definition) is 0. The fourth-order valence-corrected chi connectivity index (χ4v) is 0.556. The van der Waals surface area contributed by atoms with Crippen molar-refractivity contribution in [2.24, 2.45) is 0 Å². The topological polar surface area (TPSA) is 23.3 Å². The molecule has 0 amide bonds. The minimum atomic E-state index is 0.0972. The van der Waals surface area contributed by atoms with Crippen molar-refractivity contribution in [2.75, 3.05) is 20.2 Å². The van der Waals surface area contributed by atoms with Gasteiger partial charge in [0.25, 0.3) is 0 Å². The molecule has 0 N–H and O–H groups in total. The SMILES string of the molecule is COC1(C)C[N]C1. The van der Waals surface area contributed by atoms with Crippen molar-refractivity contribution in [2.45, 2.75) is 12.5 Å². The molecule has 1 aliphatic rings. The third-order valence-electron chi connectivity index (χ3n) is 1.39. The molecule has 0 saturated carbocycles. The molecular formula is C5H10NO. The number of hydrogen-bond acceptors (Lipinski definition) is 1. The predicted molar refractivity (Wildman–Crippen MR) is 27.3 cm³/mol. The lowest BCUT2D eigenvalue weighted by Gasteiger charge is -2.35. The van der Waals surface area contributed by atoms with Crippen LogP contribution in [0, 0.1) is 0 Å². The first-order valence-corrected chi connectivity index (χ1v) is 2.45. The van der Waals surface area contributed by atoms with Crippen molar-refractivity contribution >= 4 is 0 Å². The minimum absolute atomic E-state index is 0.0972. The molecule has 41 valence electrons. The van der Waals surface area contributed by atoms with Crippen LogP contribution in [-0.4, -0.2) is 25.8 Å². The Hall–Kier alpha value is -0.0800. The Balaban J connectivity index is 2.29. The Bertz CT molecular complexity index is 63.0. The summed E-state index contributed by atoms with van der Waals surface area (Å²) < 4.78 is 5.08. The average Bonchev–Trinajstić information content (AvgIpc) is 1.61. The normalized spacial score (nSPS) is 26.6. The zero-order valence-corrected chi connectivity index (χ0v) is 4.77. The molecule has 0 aliphatic carbocycles. The smallest absolute Gasteiger partial charge is 0.0931 e. The summed E-state index contributed by atoms with van der Waals surface area (Å²) in [6.45, 7) is 3.83. The van der Waals surface area contributed by atoms with Crippen LogP contribution in [0.5, 0.6) is 0 Å². The lowest BCUT2D eigenvalue weighted by atomic mass is 10.0. The first-order valence-electron chi connectivity index (χ1n) is 2.45. The van der Waals surface area contributed by atoms with E-state index in [4.69, 9.17) is 4.74 Å². The lowest BCUT2D eigenvalue weighted by molar-refractivity contribution is -0.0372. The van der Waals surface area contributed by atoms with Gasteiger partial charge in [0.2, 0.25) is 0 Å². The summed E-state index contributed by atoms with van der Waals surface area (Å²) in [5.74, 6) is 0. The van der Waals surface area contributed by atoms with E-state index in [1.54, 1.807) is 7.11 Å². The number of nitrogens with zero attached hydrogens (tertiary/aromatic N) is 1. The van der Waals surface area contributed by atoms with Gasteiger partial charge in [0.1, 0.15) is 0 Å². The van der Waals surface area contributed by atoms with Gasteiger partial charge in [-0.1, -0.05) is 0 Å². The highest BCUT2D eigenvalue weighted by Gasteiger charge is 2.31. The Morgan fingerprint density at radius 1 is 1.57 bits per heavy atom. The van der Waals surface area contributed by atoms with Crippen molar-refractivity contribution in [3.63, 3.8) is 0 Å². The van der Waals surface area contributed by atoms with Crippen LogP contribution in [0.1, 0.15) is 6.92 Å². The number of ether oxygens (including phenoxy) is 1. The van der Waals surface area contributed by atoms with Gasteiger partial charge in [0.15, 0.2) is 0 Å². The molecule has 7 heavy (non-hydrogen) atoms. The Labute approximate surface area is 43.9 Å². The van der Waals surface area contributed by atoms with E-state index < -0.39 is 0 Å². The number of methoxy groups -OCH3 is 1. The van der Waals surface area contributed by atoms with Gasteiger partial charge in [-0.3, -0.25) is 0 Å². The molecule has 1 rings (SSSR count). The maximum Gasteiger partial charge on any atom is 0.0931 e. The average molecular weight is 100 g/mol. The second-order valence-corrected chi connectivity index (χ2v) is 2.19. The molecule has 2 heteroatoms. The van der Waals surface area contributed by atoms with Crippen molar-refractivity contribution in [3.05, 3.63) is 0 Å². The van der Waals surface area contributed by atoms with Crippen molar-refractivity contribution in [3.8, 4) is 0 Å². The van der Waals surface area contributed by atoms with Gasteiger partial charge in [-0.05, 0) is 6.92 Å². The first kappa shape index (κ1) is 5.06. The Kier molecular flexibility index (Phi) is 1.05. The van der Waals surface area contributed by atoms with Crippen LogP contribution >= 0.6 is 0 Å².